The zero-order valence-corrected chi connectivity index (χ0v) is 15.8. The molecule has 0 N–H and O–H groups in total. The lowest BCUT2D eigenvalue weighted by molar-refractivity contribution is -0.191. The fourth-order valence-corrected chi connectivity index (χ4v) is 3.44. The van der Waals surface area contributed by atoms with Crippen molar-refractivity contribution in [3.8, 4) is 22.4 Å². The number of carbonyl (C=O) groups excluding carboxylic acids is 2. The van der Waals surface area contributed by atoms with Gasteiger partial charge in [-0.1, -0.05) is 84.9 Å². The summed E-state index contributed by atoms with van der Waals surface area (Å²) >= 11 is 1.67. The van der Waals surface area contributed by atoms with E-state index in [0.717, 1.165) is 16.3 Å². The average Bonchev–Trinajstić information content (AvgIpc) is 3.24. The molecule has 0 saturated heterocycles. The molecule has 3 aromatic carbocycles. The highest BCUT2D eigenvalue weighted by molar-refractivity contribution is 7.10. The lowest BCUT2D eigenvalue weighted by Crippen LogP contribution is -1.81. The van der Waals surface area contributed by atoms with Gasteiger partial charge in [-0.2, -0.15) is 9.59 Å². The first-order chi connectivity index (χ1) is 13.8. The van der Waals surface area contributed by atoms with Gasteiger partial charge in [0.1, 0.15) is 5.01 Å². The molecule has 4 heteroatoms. The van der Waals surface area contributed by atoms with Gasteiger partial charge in [-0.05, 0) is 28.8 Å². The minimum absolute atomic E-state index is 0.250. The van der Waals surface area contributed by atoms with Crippen LogP contribution in [0.4, 0.5) is 0 Å². The predicted molar refractivity (Wildman–Crippen MR) is 113 cm³/mol. The largest absolute Gasteiger partial charge is 0.373 e. The second kappa shape index (κ2) is 9.93. The normalized spacial score (nSPS) is 10.1. The van der Waals surface area contributed by atoms with E-state index in [2.05, 4.69) is 78.2 Å². The van der Waals surface area contributed by atoms with E-state index >= 15 is 0 Å². The highest BCUT2D eigenvalue weighted by Crippen LogP contribution is 2.27. The van der Waals surface area contributed by atoms with E-state index in [4.69, 9.17) is 14.6 Å². The summed E-state index contributed by atoms with van der Waals surface area (Å²) in [7, 11) is 0. The fraction of sp³-hybridized carbons (Fsp3) is 0. The lowest BCUT2D eigenvalue weighted by atomic mass is 10.0. The van der Waals surface area contributed by atoms with Gasteiger partial charge in [-0.15, -0.1) is 11.3 Å². The van der Waals surface area contributed by atoms with Crippen LogP contribution in [0.2, 0.25) is 0 Å². The van der Waals surface area contributed by atoms with Crippen LogP contribution in [0.25, 0.3) is 34.5 Å². The first kappa shape index (κ1) is 19.2. The maximum absolute atomic E-state index is 8.12. The van der Waals surface area contributed by atoms with Gasteiger partial charge in [-0.25, -0.2) is 4.98 Å². The molecule has 1 aromatic heterocycles. The molecule has 0 fully saturated rings. The van der Waals surface area contributed by atoms with Crippen LogP contribution in [0.1, 0.15) is 10.6 Å². The summed E-state index contributed by atoms with van der Waals surface area (Å²) in [4.78, 5) is 21.0. The van der Waals surface area contributed by atoms with E-state index < -0.39 is 0 Å². The lowest BCUT2D eigenvalue weighted by Gasteiger charge is -2.03. The third kappa shape index (κ3) is 5.21. The van der Waals surface area contributed by atoms with Crippen LogP contribution in [-0.4, -0.2) is 11.1 Å². The number of aromatic nitrogens is 1. The standard InChI is InChI=1S/C23H17NS.CO2/c1-3-8-18(9-4-1)14-15-23-24-22(17-25-23)21-13-7-12-20(16-21)19-10-5-2-6-11-19;2-1-3/h1-17H;/b15-14+;. The Kier molecular flexibility index (Phi) is 6.80. The molecule has 0 unspecified atom stereocenters. The number of hydrogen-bond acceptors (Lipinski definition) is 4. The molecule has 0 aliphatic heterocycles. The Bertz CT molecular complexity index is 1080. The van der Waals surface area contributed by atoms with E-state index in [0.29, 0.717) is 0 Å². The average molecular weight is 383 g/mol. The second-order valence-corrected chi connectivity index (χ2v) is 6.73. The third-order valence-corrected chi connectivity index (χ3v) is 4.82. The monoisotopic (exact) mass is 383 g/mol. The van der Waals surface area contributed by atoms with Crippen LogP contribution in [0, 0.1) is 0 Å². The Morgan fingerprint density at radius 2 is 1.32 bits per heavy atom. The fourth-order valence-electron chi connectivity index (χ4n) is 2.72. The van der Waals surface area contributed by atoms with E-state index in [-0.39, 0.29) is 6.15 Å². The minimum atomic E-state index is 0.250. The van der Waals surface area contributed by atoms with Crippen molar-refractivity contribution in [2.24, 2.45) is 0 Å². The summed E-state index contributed by atoms with van der Waals surface area (Å²) in [6.07, 6.45) is 4.42. The topological polar surface area (TPSA) is 47.0 Å². The minimum Gasteiger partial charge on any atom is -0.237 e. The van der Waals surface area contributed by atoms with Crippen LogP contribution < -0.4 is 0 Å². The van der Waals surface area contributed by atoms with Gasteiger partial charge in [0.25, 0.3) is 0 Å². The molecule has 4 aromatic rings. The molecule has 3 nitrogen and oxygen atoms in total. The predicted octanol–water partition coefficient (Wildman–Crippen LogP) is 6.06. The Labute approximate surface area is 167 Å². The van der Waals surface area contributed by atoms with Gasteiger partial charge in [0.2, 0.25) is 0 Å². The van der Waals surface area contributed by atoms with Crippen LogP contribution in [0.15, 0.2) is 90.3 Å². The number of hydrogen-bond donors (Lipinski definition) is 0. The number of benzene rings is 3. The molecule has 0 amide bonds. The molecule has 0 spiro atoms. The van der Waals surface area contributed by atoms with Crippen LogP contribution >= 0.6 is 11.3 Å². The zero-order chi connectivity index (χ0) is 19.6. The quantitative estimate of drug-likeness (QED) is 0.430. The SMILES string of the molecule is C(=C\c1nc(-c2cccc(-c3ccccc3)c2)cs1)/c1ccccc1.O=C=O. The first-order valence-electron chi connectivity index (χ1n) is 8.64. The van der Waals surface area contributed by atoms with Crippen molar-refractivity contribution < 1.29 is 9.59 Å². The van der Waals surface area contributed by atoms with Gasteiger partial charge in [0.05, 0.1) is 5.69 Å². The van der Waals surface area contributed by atoms with Crippen LogP contribution in [0.5, 0.6) is 0 Å². The van der Waals surface area contributed by atoms with E-state index in [9.17, 15) is 0 Å². The molecule has 0 bridgehead atoms. The van der Waals surface area contributed by atoms with Gasteiger partial charge in [0, 0.05) is 10.9 Å². The molecular weight excluding hydrogens is 366 g/mol. The molecule has 4 rings (SSSR count). The number of rotatable bonds is 4. The van der Waals surface area contributed by atoms with Gasteiger partial charge in [0.15, 0.2) is 0 Å². The Balaban J connectivity index is 0.000000706. The van der Waals surface area contributed by atoms with Crippen molar-refractivity contribution >= 4 is 29.6 Å². The molecule has 0 atom stereocenters. The maximum atomic E-state index is 8.12. The zero-order valence-electron chi connectivity index (χ0n) is 15.0. The molecule has 0 saturated carbocycles. The highest BCUT2D eigenvalue weighted by Gasteiger charge is 2.05. The number of thiazole rings is 1. The first-order valence-corrected chi connectivity index (χ1v) is 9.52. The van der Waals surface area contributed by atoms with Gasteiger partial charge < -0.3 is 0 Å². The molecule has 0 aliphatic rings. The van der Waals surface area contributed by atoms with Crippen molar-refractivity contribution in [3.63, 3.8) is 0 Å². The third-order valence-electron chi connectivity index (χ3n) is 4.01. The molecule has 28 heavy (non-hydrogen) atoms. The second-order valence-electron chi connectivity index (χ2n) is 5.85. The Hall–Kier alpha value is -3.59. The molecule has 0 aliphatic carbocycles. The van der Waals surface area contributed by atoms with E-state index in [1.807, 2.05) is 24.3 Å². The molecule has 136 valence electrons. The maximum Gasteiger partial charge on any atom is 0.373 e. The summed E-state index contributed by atoms with van der Waals surface area (Å²) in [5.41, 5.74) is 5.80. The summed E-state index contributed by atoms with van der Waals surface area (Å²) in [6, 6.07) is 29.3. The molecule has 1 heterocycles. The van der Waals surface area contributed by atoms with Gasteiger partial charge in [-0.3, -0.25) is 0 Å². The van der Waals surface area contributed by atoms with Crippen molar-refractivity contribution in [1.29, 1.82) is 0 Å². The summed E-state index contributed by atoms with van der Waals surface area (Å²) in [5.74, 6) is 0. The van der Waals surface area contributed by atoms with Crippen molar-refractivity contribution in [2.45, 2.75) is 0 Å². The smallest absolute Gasteiger partial charge is 0.237 e. The summed E-state index contributed by atoms with van der Waals surface area (Å²) in [6.45, 7) is 0. The highest BCUT2D eigenvalue weighted by atomic mass is 32.1. The Morgan fingerprint density at radius 3 is 2.04 bits per heavy atom. The number of nitrogens with zero attached hydrogens (tertiary/aromatic N) is 1. The van der Waals surface area contributed by atoms with E-state index in [1.54, 1.807) is 11.3 Å². The molecular formula is C24H17NO2S. The van der Waals surface area contributed by atoms with Crippen LogP contribution in [-0.2, 0) is 9.59 Å². The van der Waals surface area contributed by atoms with Gasteiger partial charge >= 0.3 is 6.15 Å². The summed E-state index contributed by atoms with van der Waals surface area (Å²) in [5, 5.41) is 3.14. The van der Waals surface area contributed by atoms with Crippen molar-refractivity contribution in [1.82, 2.24) is 4.98 Å². The van der Waals surface area contributed by atoms with Crippen molar-refractivity contribution in [2.75, 3.05) is 0 Å². The molecule has 0 radical (unpaired) electrons. The summed E-state index contributed by atoms with van der Waals surface area (Å²) < 4.78 is 0. The van der Waals surface area contributed by atoms with E-state index in [1.165, 1.54) is 16.7 Å². The van der Waals surface area contributed by atoms with Crippen LogP contribution in [0.3, 0.4) is 0 Å². The van der Waals surface area contributed by atoms with Crippen molar-refractivity contribution in [3.05, 3.63) is 101 Å². The Morgan fingerprint density at radius 1 is 0.714 bits per heavy atom.